The van der Waals surface area contributed by atoms with Crippen molar-refractivity contribution in [2.24, 2.45) is 17.3 Å². The van der Waals surface area contributed by atoms with Gasteiger partial charge in [-0.2, -0.15) is 0 Å². The Morgan fingerprint density at radius 2 is 1.14 bits per heavy atom. The zero-order chi connectivity index (χ0) is 18.0. The van der Waals surface area contributed by atoms with Crippen molar-refractivity contribution in [2.75, 3.05) is 0 Å². The molecule has 0 saturated carbocycles. The van der Waals surface area contributed by atoms with E-state index in [0.29, 0.717) is 5.41 Å². The Morgan fingerprint density at radius 3 is 1.41 bits per heavy atom. The average Bonchev–Trinajstić information content (AvgIpc) is 2.58. The van der Waals surface area contributed by atoms with Gasteiger partial charge in [-0.05, 0) is 36.5 Å². The molecule has 2 atom stereocenters. The third kappa shape index (κ3) is 9.21. The van der Waals surface area contributed by atoms with E-state index in [1.165, 1.54) is 57.8 Å². The smallest absolute Gasteiger partial charge is 0.0244 e. The molecule has 0 N–H and O–H groups in total. The van der Waals surface area contributed by atoms with E-state index >= 15 is 0 Å². The van der Waals surface area contributed by atoms with Crippen LogP contribution in [0.15, 0.2) is 0 Å². The van der Waals surface area contributed by atoms with Crippen LogP contribution in [0, 0.1) is 17.3 Å². The summed E-state index contributed by atoms with van der Waals surface area (Å²) < 4.78 is 0. The molecule has 0 bridgehead atoms. The zero-order valence-electron chi connectivity index (χ0n) is 18.0. The van der Waals surface area contributed by atoms with Gasteiger partial charge in [-0.25, -0.2) is 0 Å². The minimum atomic E-state index is 0.627. The molecule has 0 aromatic rings. The van der Waals surface area contributed by atoms with Crippen LogP contribution in [0.1, 0.15) is 127 Å². The second kappa shape index (κ2) is 19.0. The van der Waals surface area contributed by atoms with Crippen LogP contribution in [0.2, 0.25) is 0 Å². The summed E-state index contributed by atoms with van der Waals surface area (Å²) >= 11 is 0. The van der Waals surface area contributed by atoms with Crippen molar-refractivity contribution in [1.29, 1.82) is 0 Å². The lowest BCUT2D eigenvalue weighted by Crippen LogP contribution is -2.36. The molecule has 0 heterocycles. The van der Waals surface area contributed by atoms with Crippen LogP contribution in [0.5, 0.6) is 0 Å². The summed E-state index contributed by atoms with van der Waals surface area (Å²) in [7, 11) is 0. The predicted octanol–water partition coefficient (Wildman–Crippen LogP) is 8.89. The van der Waals surface area contributed by atoms with E-state index < -0.39 is 0 Å². The highest BCUT2D eigenvalue weighted by atomic mass is 14.4. The van der Waals surface area contributed by atoms with Crippen molar-refractivity contribution >= 4 is 0 Å². The molecule has 22 heavy (non-hydrogen) atoms. The van der Waals surface area contributed by atoms with Gasteiger partial charge in [0.2, 0.25) is 0 Å². The summed E-state index contributed by atoms with van der Waals surface area (Å²) in [4.78, 5) is 0. The van der Waals surface area contributed by atoms with E-state index in [0.717, 1.165) is 11.8 Å². The van der Waals surface area contributed by atoms with Crippen molar-refractivity contribution < 1.29 is 0 Å². The van der Waals surface area contributed by atoms with E-state index in [9.17, 15) is 0 Å². The molecule has 0 aliphatic rings. The Bertz CT molecular complexity index is 176. The summed E-state index contributed by atoms with van der Waals surface area (Å²) in [6.45, 7) is 22.4. The first-order valence-electron chi connectivity index (χ1n) is 10.6. The Balaban J connectivity index is -0.000000826. The van der Waals surface area contributed by atoms with Gasteiger partial charge in [-0.1, -0.05) is 108 Å². The summed E-state index contributed by atoms with van der Waals surface area (Å²) in [5.74, 6) is 1.84. The summed E-state index contributed by atoms with van der Waals surface area (Å²) in [6, 6.07) is 0. The lowest BCUT2D eigenvalue weighted by molar-refractivity contribution is 0.0410. The first-order chi connectivity index (χ1) is 10.6. The number of hydrogen-bond donors (Lipinski definition) is 0. The van der Waals surface area contributed by atoms with E-state index in [1.807, 2.05) is 27.7 Å². The largest absolute Gasteiger partial charge is 0.0683 e. The fourth-order valence-electron chi connectivity index (χ4n) is 4.11. The lowest BCUT2D eigenvalue weighted by atomic mass is 9.59. The van der Waals surface area contributed by atoms with E-state index in [-0.39, 0.29) is 0 Å². The predicted molar refractivity (Wildman–Crippen MR) is 108 cm³/mol. The molecule has 2 unspecified atom stereocenters. The van der Waals surface area contributed by atoms with Gasteiger partial charge in [0, 0.05) is 0 Å². The second-order valence-corrected chi connectivity index (χ2v) is 6.29. The Hall–Kier alpha value is 0. The first-order valence-corrected chi connectivity index (χ1v) is 10.6. The van der Waals surface area contributed by atoms with Gasteiger partial charge in [-0.3, -0.25) is 0 Å². The quantitative estimate of drug-likeness (QED) is 0.357. The van der Waals surface area contributed by atoms with Crippen LogP contribution in [0.3, 0.4) is 0 Å². The molecule has 0 spiro atoms. The van der Waals surface area contributed by atoms with Crippen LogP contribution in [0.4, 0.5) is 0 Å². The third-order valence-corrected chi connectivity index (χ3v) is 5.24. The van der Waals surface area contributed by atoms with Crippen LogP contribution in [0.25, 0.3) is 0 Å². The second-order valence-electron chi connectivity index (χ2n) is 6.29. The van der Waals surface area contributed by atoms with Crippen molar-refractivity contribution in [3.05, 3.63) is 0 Å². The van der Waals surface area contributed by atoms with Crippen LogP contribution >= 0.6 is 0 Å². The van der Waals surface area contributed by atoms with Crippen molar-refractivity contribution in [1.82, 2.24) is 0 Å². The third-order valence-electron chi connectivity index (χ3n) is 5.24. The SMILES string of the molecule is CC.CC.CCCCC(CC)C(CCC)(CCC)C(C)CC. The fraction of sp³-hybridized carbons (Fsp3) is 1.00. The average molecular weight is 315 g/mol. The van der Waals surface area contributed by atoms with E-state index in [2.05, 4.69) is 41.5 Å². The molecule has 0 aliphatic carbocycles. The van der Waals surface area contributed by atoms with E-state index in [4.69, 9.17) is 0 Å². The Kier molecular flexibility index (Phi) is 23.3. The maximum Gasteiger partial charge on any atom is -0.0244 e. The van der Waals surface area contributed by atoms with Gasteiger partial charge in [0.25, 0.3) is 0 Å². The maximum absolute atomic E-state index is 2.51. The first kappa shape index (κ1) is 26.9. The summed E-state index contributed by atoms with van der Waals surface area (Å²) in [5, 5.41) is 0. The van der Waals surface area contributed by atoms with Gasteiger partial charge < -0.3 is 0 Å². The molecule has 0 saturated heterocycles. The number of hydrogen-bond acceptors (Lipinski definition) is 0. The molecule has 0 aromatic heterocycles. The number of rotatable bonds is 11. The van der Waals surface area contributed by atoms with Crippen molar-refractivity contribution in [3.8, 4) is 0 Å². The van der Waals surface area contributed by atoms with E-state index in [1.54, 1.807) is 0 Å². The monoisotopic (exact) mass is 314 g/mol. The highest BCUT2D eigenvalue weighted by Crippen LogP contribution is 2.49. The standard InChI is InChI=1S/C18H38.2C2H6/c1-7-12-13-17(11-5)18(14-8-2,15-9-3)16(6)10-4;2*1-2/h16-17H,7-15H2,1-6H3;2*1-2H3. The molecule has 0 rings (SSSR count). The highest BCUT2D eigenvalue weighted by Gasteiger charge is 2.39. The molecule has 0 aliphatic heterocycles. The van der Waals surface area contributed by atoms with Gasteiger partial charge in [-0.15, -0.1) is 0 Å². The van der Waals surface area contributed by atoms with Gasteiger partial charge >= 0.3 is 0 Å². The minimum Gasteiger partial charge on any atom is -0.0683 e. The fourth-order valence-corrected chi connectivity index (χ4v) is 4.11. The molecule has 0 heteroatoms. The molecular formula is C22H50. The van der Waals surface area contributed by atoms with Crippen molar-refractivity contribution in [3.63, 3.8) is 0 Å². The molecular weight excluding hydrogens is 264 g/mol. The summed E-state index contributed by atoms with van der Waals surface area (Å²) in [6.07, 6.45) is 12.6. The van der Waals surface area contributed by atoms with Crippen LogP contribution in [-0.4, -0.2) is 0 Å². The maximum atomic E-state index is 2.51. The van der Waals surface area contributed by atoms with Crippen molar-refractivity contribution in [2.45, 2.75) is 127 Å². The zero-order valence-corrected chi connectivity index (χ0v) is 18.0. The molecule has 0 nitrogen and oxygen atoms in total. The number of unbranched alkanes of at least 4 members (excludes halogenated alkanes) is 1. The molecule has 0 fully saturated rings. The minimum absolute atomic E-state index is 0.627. The van der Waals surface area contributed by atoms with Gasteiger partial charge in [0.1, 0.15) is 0 Å². The summed E-state index contributed by atoms with van der Waals surface area (Å²) in [5.41, 5.74) is 0.627. The van der Waals surface area contributed by atoms with Crippen LogP contribution in [-0.2, 0) is 0 Å². The normalized spacial score (nSPS) is 13.4. The van der Waals surface area contributed by atoms with Gasteiger partial charge in [0.05, 0.1) is 0 Å². The van der Waals surface area contributed by atoms with Gasteiger partial charge in [0.15, 0.2) is 0 Å². The molecule has 138 valence electrons. The topological polar surface area (TPSA) is 0 Å². The lowest BCUT2D eigenvalue weighted by Gasteiger charge is -2.46. The molecule has 0 radical (unpaired) electrons. The van der Waals surface area contributed by atoms with Crippen LogP contribution < -0.4 is 0 Å². The highest BCUT2D eigenvalue weighted by molar-refractivity contribution is 4.89. The Morgan fingerprint density at radius 1 is 0.682 bits per heavy atom. The molecule has 0 aromatic carbocycles. The molecule has 0 amide bonds. The Labute approximate surface area is 144 Å².